The Morgan fingerprint density at radius 2 is 1.71 bits per heavy atom. The number of benzene rings is 1. The molecule has 0 saturated carbocycles. The van der Waals surface area contributed by atoms with Gasteiger partial charge in [-0.3, -0.25) is 4.79 Å². The van der Waals surface area contributed by atoms with Crippen LogP contribution in [0, 0.1) is 11.8 Å². The number of unbranched alkanes of at least 4 members (excludes halogenated alkanes) is 1. The highest BCUT2D eigenvalue weighted by Gasteiger charge is 2.17. The van der Waals surface area contributed by atoms with E-state index in [1.807, 2.05) is 19.1 Å². The van der Waals surface area contributed by atoms with Crippen LogP contribution in [0.3, 0.4) is 0 Å². The van der Waals surface area contributed by atoms with Crippen LogP contribution in [0.5, 0.6) is 0 Å². The van der Waals surface area contributed by atoms with Crippen LogP contribution in [0.15, 0.2) is 24.3 Å². The standard InChI is InChI=1S/C16H24O/c1-5-6-7-14-8-10-15(11-9-14)16(17)13(4)12(2)3/h8-13H,5-7H2,1-4H3. The molecule has 0 fully saturated rings. The predicted octanol–water partition coefficient (Wildman–Crippen LogP) is 4.50. The molecule has 1 aromatic rings. The maximum absolute atomic E-state index is 12.1. The minimum atomic E-state index is 0.108. The molecule has 0 saturated heterocycles. The van der Waals surface area contributed by atoms with Crippen LogP contribution in [0.1, 0.15) is 56.5 Å². The zero-order valence-electron chi connectivity index (χ0n) is 11.5. The second kappa shape index (κ2) is 6.58. The van der Waals surface area contributed by atoms with Crippen molar-refractivity contribution in [2.24, 2.45) is 11.8 Å². The molecule has 0 amide bonds. The zero-order chi connectivity index (χ0) is 12.8. The number of carbonyl (C=O) groups is 1. The lowest BCUT2D eigenvalue weighted by Crippen LogP contribution is -2.16. The second-order valence-corrected chi connectivity index (χ2v) is 5.20. The average molecular weight is 232 g/mol. The summed E-state index contributed by atoms with van der Waals surface area (Å²) < 4.78 is 0. The monoisotopic (exact) mass is 232 g/mol. The summed E-state index contributed by atoms with van der Waals surface area (Å²) in [5.74, 6) is 0.779. The Balaban J connectivity index is 2.70. The molecule has 1 nitrogen and oxygen atoms in total. The van der Waals surface area contributed by atoms with Crippen LogP contribution in [0.4, 0.5) is 0 Å². The van der Waals surface area contributed by atoms with Crippen molar-refractivity contribution in [2.75, 3.05) is 0 Å². The lowest BCUT2D eigenvalue weighted by molar-refractivity contribution is 0.0900. The molecule has 17 heavy (non-hydrogen) atoms. The molecule has 0 aliphatic heterocycles. The molecule has 0 radical (unpaired) electrons. The number of rotatable bonds is 6. The molecule has 1 aromatic carbocycles. The van der Waals surface area contributed by atoms with Gasteiger partial charge in [0.15, 0.2) is 5.78 Å². The maximum Gasteiger partial charge on any atom is 0.165 e. The molecule has 1 atom stereocenters. The van der Waals surface area contributed by atoms with Crippen molar-refractivity contribution in [1.82, 2.24) is 0 Å². The first-order valence-corrected chi connectivity index (χ1v) is 6.69. The first-order chi connectivity index (χ1) is 8.06. The van der Waals surface area contributed by atoms with E-state index >= 15 is 0 Å². The highest BCUT2D eigenvalue weighted by Crippen LogP contribution is 2.17. The van der Waals surface area contributed by atoms with Crippen molar-refractivity contribution in [3.63, 3.8) is 0 Å². The molecule has 0 heterocycles. The van der Waals surface area contributed by atoms with E-state index in [1.165, 1.54) is 18.4 Å². The third-order valence-electron chi connectivity index (χ3n) is 3.47. The second-order valence-electron chi connectivity index (χ2n) is 5.20. The van der Waals surface area contributed by atoms with Gasteiger partial charge in [-0.15, -0.1) is 0 Å². The van der Waals surface area contributed by atoms with E-state index in [2.05, 4.69) is 32.9 Å². The summed E-state index contributed by atoms with van der Waals surface area (Å²) in [7, 11) is 0. The van der Waals surface area contributed by atoms with Crippen molar-refractivity contribution < 1.29 is 4.79 Å². The van der Waals surface area contributed by atoms with E-state index in [-0.39, 0.29) is 11.7 Å². The molecule has 0 bridgehead atoms. The van der Waals surface area contributed by atoms with Gasteiger partial charge < -0.3 is 0 Å². The Hall–Kier alpha value is -1.11. The van der Waals surface area contributed by atoms with E-state index in [4.69, 9.17) is 0 Å². The summed E-state index contributed by atoms with van der Waals surface area (Å²) in [6, 6.07) is 8.14. The summed E-state index contributed by atoms with van der Waals surface area (Å²) in [5.41, 5.74) is 2.19. The summed E-state index contributed by atoms with van der Waals surface area (Å²) in [4.78, 5) is 12.1. The first kappa shape index (κ1) is 14.0. The van der Waals surface area contributed by atoms with Crippen molar-refractivity contribution in [1.29, 1.82) is 0 Å². The topological polar surface area (TPSA) is 17.1 Å². The van der Waals surface area contributed by atoms with Crippen molar-refractivity contribution in [2.45, 2.75) is 47.0 Å². The third kappa shape index (κ3) is 3.99. The molecule has 94 valence electrons. The summed E-state index contributed by atoms with van der Waals surface area (Å²) in [6.07, 6.45) is 3.55. The molecule has 1 rings (SSSR count). The average Bonchev–Trinajstić information content (AvgIpc) is 2.35. The Morgan fingerprint density at radius 1 is 1.12 bits per heavy atom. The zero-order valence-corrected chi connectivity index (χ0v) is 11.5. The fraction of sp³-hybridized carbons (Fsp3) is 0.562. The van der Waals surface area contributed by atoms with Gasteiger partial charge in [0.1, 0.15) is 0 Å². The highest BCUT2D eigenvalue weighted by molar-refractivity contribution is 5.97. The normalized spacial score (nSPS) is 12.8. The third-order valence-corrected chi connectivity index (χ3v) is 3.47. The smallest absolute Gasteiger partial charge is 0.165 e. The van der Waals surface area contributed by atoms with Crippen LogP contribution < -0.4 is 0 Å². The lowest BCUT2D eigenvalue weighted by Gasteiger charge is -2.14. The minimum absolute atomic E-state index is 0.108. The molecule has 0 spiro atoms. The largest absolute Gasteiger partial charge is 0.294 e. The van der Waals surface area contributed by atoms with E-state index in [1.54, 1.807) is 0 Å². The van der Waals surface area contributed by atoms with E-state index in [0.717, 1.165) is 12.0 Å². The minimum Gasteiger partial charge on any atom is -0.294 e. The van der Waals surface area contributed by atoms with Gasteiger partial charge in [0.05, 0.1) is 0 Å². The lowest BCUT2D eigenvalue weighted by atomic mass is 9.89. The Kier molecular flexibility index (Phi) is 5.40. The van der Waals surface area contributed by atoms with Gasteiger partial charge in [0, 0.05) is 11.5 Å². The molecule has 0 aromatic heterocycles. The molecular weight excluding hydrogens is 208 g/mol. The maximum atomic E-state index is 12.1. The quantitative estimate of drug-likeness (QED) is 0.660. The fourth-order valence-corrected chi connectivity index (χ4v) is 1.78. The number of Topliss-reactive ketones (excluding diaryl/α,β-unsaturated/α-hetero) is 1. The number of carbonyl (C=O) groups excluding carboxylic acids is 1. The van der Waals surface area contributed by atoms with Crippen LogP contribution in [-0.4, -0.2) is 5.78 Å². The van der Waals surface area contributed by atoms with E-state index < -0.39 is 0 Å². The van der Waals surface area contributed by atoms with Gasteiger partial charge in [0.25, 0.3) is 0 Å². The van der Waals surface area contributed by atoms with Crippen molar-refractivity contribution in [3.8, 4) is 0 Å². The summed E-state index contributed by atoms with van der Waals surface area (Å²) in [6.45, 7) is 8.40. The van der Waals surface area contributed by atoms with Crippen LogP contribution in [0.25, 0.3) is 0 Å². The number of hydrogen-bond donors (Lipinski definition) is 0. The molecule has 0 N–H and O–H groups in total. The molecule has 0 aliphatic rings. The Morgan fingerprint density at radius 3 is 2.18 bits per heavy atom. The van der Waals surface area contributed by atoms with Gasteiger partial charge in [0.2, 0.25) is 0 Å². The van der Waals surface area contributed by atoms with Crippen LogP contribution >= 0.6 is 0 Å². The predicted molar refractivity (Wildman–Crippen MR) is 73.4 cm³/mol. The van der Waals surface area contributed by atoms with Crippen molar-refractivity contribution in [3.05, 3.63) is 35.4 Å². The Labute approximate surface area is 105 Å². The molecule has 1 heteroatoms. The Bertz CT molecular complexity index is 348. The first-order valence-electron chi connectivity index (χ1n) is 6.69. The van der Waals surface area contributed by atoms with Crippen LogP contribution in [0.2, 0.25) is 0 Å². The molecule has 1 unspecified atom stereocenters. The van der Waals surface area contributed by atoms with Crippen LogP contribution in [-0.2, 0) is 6.42 Å². The SMILES string of the molecule is CCCCc1ccc(C(=O)C(C)C(C)C)cc1. The van der Waals surface area contributed by atoms with Gasteiger partial charge in [-0.05, 0) is 24.3 Å². The number of ketones is 1. The summed E-state index contributed by atoms with van der Waals surface area (Å²) >= 11 is 0. The van der Waals surface area contributed by atoms with Gasteiger partial charge >= 0.3 is 0 Å². The highest BCUT2D eigenvalue weighted by atomic mass is 16.1. The fourth-order valence-electron chi connectivity index (χ4n) is 1.78. The van der Waals surface area contributed by atoms with Gasteiger partial charge in [-0.2, -0.15) is 0 Å². The number of hydrogen-bond acceptors (Lipinski definition) is 1. The van der Waals surface area contributed by atoms with Gasteiger partial charge in [-0.25, -0.2) is 0 Å². The van der Waals surface area contributed by atoms with E-state index in [0.29, 0.717) is 5.92 Å². The van der Waals surface area contributed by atoms with E-state index in [9.17, 15) is 4.79 Å². The molecular formula is C16H24O. The summed E-state index contributed by atoms with van der Waals surface area (Å²) in [5, 5.41) is 0. The number of aryl methyl sites for hydroxylation is 1. The molecule has 0 aliphatic carbocycles. The van der Waals surface area contributed by atoms with Gasteiger partial charge in [-0.1, -0.05) is 58.4 Å². The van der Waals surface area contributed by atoms with Crippen molar-refractivity contribution >= 4 is 5.78 Å².